The fourth-order valence-corrected chi connectivity index (χ4v) is 1.80. The molecule has 0 aromatic heterocycles. The summed E-state index contributed by atoms with van der Waals surface area (Å²) in [4.78, 5) is 4.78. The van der Waals surface area contributed by atoms with E-state index in [0.717, 1.165) is 6.54 Å². The lowest BCUT2D eigenvalue weighted by atomic mass is 10.1. The van der Waals surface area contributed by atoms with Crippen LogP contribution < -0.4 is 5.48 Å². The first kappa shape index (κ1) is 13.2. The molecule has 16 heavy (non-hydrogen) atoms. The van der Waals surface area contributed by atoms with Gasteiger partial charge in [-0.2, -0.15) is 0 Å². The van der Waals surface area contributed by atoms with Gasteiger partial charge in [-0.3, -0.25) is 0 Å². The predicted molar refractivity (Wildman–Crippen MR) is 68.2 cm³/mol. The Morgan fingerprint density at radius 1 is 0.938 bits per heavy atom. The van der Waals surface area contributed by atoms with Crippen molar-refractivity contribution in [1.29, 1.82) is 0 Å². The van der Waals surface area contributed by atoms with Crippen LogP contribution >= 0.6 is 0 Å². The van der Waals surface area contributed by atoms with E-state index in [4.69, 9.17) is 4.84 Å². The van der Waals surface area contributed by atoms with Crippen molar-refractivity contribution < 1.29 is 4.84 Å². The average molecular weight is 221 g/mol. The first-order chi connectivity index (χ1) is 7.93. The molecular weight excluding hydrogens is 198 g/mol. The van der Waals surface area contributed by atoms with E-state index in [9.17, 15) is 0 Å². The Morgan fingerprint density at radius 2 is 1.62 bits per heavy atom. The first-order valence-corrected chi connectivity index (χ1v) is 6.23. The van der Waals surface area contributed by atoms with E-state index in [-0.39, 0.29) is 0 Å². The minimum Gasteiger partial charge on any atom is -0.305 e. The predicted octanol–water partition coefficient (Wildman–Crippen LogP) is 3.33. The van der Waals surface area contributed by atoms with Crippen LogP contribution in [0.4, 0.5) is 0 Å². The van der Waals surface area contributed by atoms with Crippen molar-refractivity contribution in [3.63, 3.8) is 0 Å². The minimum absolute atomic E-state index is 0.967. The van der Waals surface area contributed by atoms with Gasteiger partial charge in [-0.25, -0.2) is 5.48 Å². The zero-order chi connectivity index (χ0) is 11.5. The second-order valence-electron chi connectivity index (χ2n) is 4.10. The van der Waals surface area contributed by atoms with E-state index in [1.165, 1.54) is 44.1 Å². The second-order valence-corrected chi connectivity index (χ2v) is 4.10. The molecule has 2 nitrogen and oxygen atoms in total. The summed E-state index contributed by atoms with van der Waals surface area (Å²) in [5, 5.41) is 0. The third-order valence-corrected chi connectivity index (χ3v) is 2.73. The van der Waals surface area contributed by atoms with Gasteiger partial charge in [-0.05, 0) is 24.8 Å². The van der Waals surface area contributed by atoms with E-state index in [1.54, 1.807) is 7.11 Å². The highest BCUT2D eigenvalue weighted by Crippen LogP contribution is 2.08. The quantitative estimate of drug-likeness (QED) is 0.510. The maximum atomic E-state index is 4.78. The summed E-state index contributed by atoms with van der Waals surface area (Å²) in [5.74, 6) is 0. The van der Waals surface area contributed by atoms with Crippen molar-refractivity contribution in [3.05, 3.63) is 35.9 Å². The molecule has 0 bridgehead atoms. The Morgan fingerprint density at radius 3 is 2.38 bits per heavy atom. The zero-order valence-corrected chi connectivity index (χ0v) is 10.2. The van der Waals surface area contributed by atoms with E-state index < -0.39 is 0 Å². The molecule has 0 radical (unpaired) electrons. The van der Waals surface area contributed by atoms with Crippen LogP contribution in [0, 0.1) is 0 Å². The highest BCUT2D eigenvalue weighted by Gasteiger charge is 1.93. The monoisotopic (exact) mass is 221 g/mol. The lowest BCUT2D eigenvalue weighted by Gasteiger charge is -2.03. The van der Waals surface area contributed by atoms with Gasteiger partial charge in [-0.1, -0.05) is 49.6 Å². The summed E-state index contributed by atoms with van der Waals surface area (Å²) in [6.45, 7) is 0.967. The second kappa shape index (κ2) is 9.37. The summed E-state index contributed by atoms with van der Waals surface area (Å²) >= 11 is 0. The van der Waals surface area contributed by atoms with E-state index in [1.807, 2.05) is 0 Å². The van der Waals surface area contributed by atoms with Crippen molar-refractivity contribution in [2.24, 2.45) is 0 Å². The van der Waals surface area contributed by atoms with Gasteiger partial charge in [0.25, 0.3) is 0 Å². The fraction of sp³-hybridized carbons (Fsp3) is 0.571. The maximum absolute atomic E-state index is 4.78. The van der Waals surface area contributed by atoms with Crippen LogP contribution in [0.25, 0.3) is 0 Å². The van der Waals surface area contributed by atoms with Crippen molar-refractivity contribution in [2.45, 2.75) is 38.5 Å². The molecule has 0 aliphatic rings. The maximum Gasteiger partial charge on any atom is 0.0572 e. The minimum atomic E-state index is 0.967. The van der Waals surface area contributed by atoms with Crippen molar-refractivity contribution in [2.75, 3.05) is 13.7 Å². The molecule has 1 N–H and O–H groups in total. The molecule has 0 amide bonds. The van der Waals surface area contributed by atoms with Gasteiger partial charge in [0.05, 0.1) is 7.11 Å². The molecule has 0 atom stereocenters. The fourth-order valence-electron chi connectivity index (χ4n) is 1.80. The van der Waals surface area contributed by atoms with Crippen LogP contribution in [-0.2, 0) is 11.3 Å². The van der Waals surface area contributed by atoms with Crippen molar-refractivity contribution in [3.8, 4) is 0 Å². The molecule has 1 rings (SSSR count). The van der Waals surface area contributed by atoms with Gasteiger partial charge in [0.15, 0.2) is 0 Å². The smallest absolute Gasteiger partial charge is 0.0572 e. The van der Waals surface area contributed by atoms with Crippen LogP contribution in [0.15, 0.2) is 30.3 Å². The Kier molecular flexibility index (Phi) is 7.74. The van der Waals surface area contributed by atoms with Crippen LogP contribution in [0.1, 0.15) is 37.7 Å². The highest BCUT2D eigenvalue weighted by molar-refractivity contribution is 5.14. The summed E-state index contributed by atoms with van der Waals surface area (Å²) in [6, 6.07) is 10.7. The number of hydroxylamine groups is 1. The molecule has 1 aromatic carbocycles. The molecule has 0 aliphatic heterocycles. The van der Waals surface area contributed by atoms with Gasteiger partial charge in [-0.15, -0.1) is 0 Å². The van der Waals surface area contributed by atoms with Gasteiger partial charge in [0.1, 0.15) is 0 Å². The topological polar surface area (TPSA) is 21.3 Å². The van der Waals surface area contributed by atoms with Gasteiger partial charge < -0.3 is 4.84 Å². The van der Waals surface area contributed by atoms with E-state index >= 15 is 0 Å². The third kappa shape index (κ3) is 6.59. The normalized spacial score (nSPS) is 10.6. The molecule has 0 heterocycles. The van der Waals surface area contributed by atoms with Crippen molar-refractivity contribution >= 4 is 0 Å². The number of hydrogen-bond donors (Lipinski definition) is 1. The lowest BCUT2D eigenvalue weighted by molar-refractivity contribution is 0.0904. The Balaban J connectivity index is 1.89. The van der Waals surface area contributed by atoms with Crippen LogP contribution in [0.5, 0.6) is 0 Å². The average Bonchev–Trinajstić information content (AvgIpc) is 2.34. The molecule has 0 saturated carbocycles. The van der Waals surface area contributed by atoms with Crippen LogP contribution in [-0.4, -0.2) is 13.7 Å². The summed E-state index contributed by atoms with van der Waals surface area (Å²) in [7, 11) is 1.67. The molecule has 90 valence electrons. The van der Waals surface area contributed by atoms with E-state index in [2.05, 4.69) is 35.8 Å². The Hall–Kier alpha value is -0.860. The Bertz CT molecular complexity index is 248. The lowest BCUT2D eigenvalue weighted by Crippen LogP contribution is -2.12. The standard InChI is InChI=1S/C14H23NO/c1-16-15-13-9-4-2-3-6-10-14-11-7-5-8-12-14/h5,7-8,11-12,15H,2-4,6,9-10,13H2,1H3. The molecule has 0 fully saturated rings. The van der Waals surface area contributed by atoms with Crippen LogP contribution in [0.2, 0.25) is 0 Å². The first-order valence-electron chi connectivity index (χ1n) is 6.23. The number of rotatable bonds is 9. The van der Waals surface area contributed by atoms with Gasteiger partial charge in [0, 0.05) is 6.54 Å². The summed E-state index contributed by atoms with van der Waals surface area (Å²) < 4.78 is 0. The molecule has 0 unspecified atom stereocenters. The molecule has 2 heteroatoms. The number of nitrogens with one attached hydrogen (secondary N) is 1. The number of benzene rings is 1. The van der Waals surface area contributed by atoms with Gasteiger partial charge in [0.2, 0.25) is 0 Å². The molecule has 1 aromatic rings. The number of unbranched alkanes of at least 4 members (excludes halogenated alkanes) is 4. The number of hydrogen-bond acceptors (Lipinski definition) is 2. The SMILES string of the molecule is CONCCCCCCCc1ccccc1. The molecular formula is C14H23NO. The third-order valence-electron chi connectivity index (χ3n) is 2.73. The van der Waals surface area contributed by atoms with Crippen molar-refractivity contribution in [1.82, 2.24) is 5.48 Å². The zero-order valence-electron chi connectivity index (χ0n) is 10.2. The largest absolute Gasteiger partial charge is 0.305 e. The Labute approximate surface area is 99.0 Å². The van der Waals surface area contributed by atoms with Gasteiger partial charge >= 0.3 is 0 Å². The highest BCUT2D eigenvalue weighted by atomic mass is 16.6. The molecule has 0 aliphatic carbocycles. The van der Waals surface area contributed by atoms with E-state index in [0.29, 0.717) is 0 Å². The molecule has 0 spiro atoms. The summed E-state index contributed by atoms with van der Waals surface area (Å²) in [5.41, 5.74) is 4.33. The number of aryl methyl sites for hydroxylation is 1. The molecule has 0 saturated heterocycles. The summed E-state index contributed by atoms with van der Waals surface area (Å²) in [6.07, 6.45) is 7.70. The van der Waals surface area contributed by atoms with Crippen LogP contribution in [0.3, 0.4) is 0 Å².